The second kappa shape index (κ2) is 8.14. The Balaban J connectivity index is 1.98. The van der Waals surface area contributed by atoms with Crippen LogP contribution in [0.25, 0.3) is 0 Å². The average Bonchev–Trinajstić information content (AvgIpc) is 3.02. The number of nitrogens with zero attached hydrogens (tertiary/aromatic N) is 1. The first-order chi connectivity index (χ1) is 11.0. The summed E-state index contributed by atoms with van der Waals surface area (Å²) in [7, 11) is 0. The van der Waals surface area contributed by atoms with Gasteiger partial charge in [-0.15, -0.1) is 0 Å². The standard InChI is InChI=1S/C19H27NO3/c1-3-7-14(2)17-10-6-13-20(17)18(21)12-11-15-8-4-5-9-16(15)19(22)23/h4-5,8-9,14,17H,3,6-7,10-13H2,1-2H3,(H,22,23). The first-order valence-electron chi connectivity index (χ1n) is 8.65. The minimum Gasteiger partial charge on any atom is -0.478 e. The zero-order valence-electron chi connectivity index (χ0n) is 14.1. The minimum atomic E-state index is -0.927. The second-order valence-electron chi connectivity index (χ2n) is 6.52. The van der Waals surface area contributed by atoms with Gasteiger partial charge in [0.15, 0.2) is 0 Å². The molecule has 1 aliphatic heterocycles. The molecule has 0 aromatic heterocycles. The lowest BCUT2D eigenvalue weighted by atomic mass is 9.94. The van der Waals surface area contributed by atoms with Gasteiger partial charge in [0.05, 0.1) is 5.56 Å². The zero-order chi connectivity index (χ0) is 16.8. The summed E-state index contributed by atoms with van der Waals surface area (Å²) < 4.78 is 0. The molecule has 0 aliphatic carbocycles. The third kappa shape index (κ3) is 4.34. The highest BCUT2D eigenvalue weighted by molar-refractivity contribution is 5.89. The van der Waals surface area contributed by atoms with Crippen LogP contribution in [-0.4, -0.2) is 34.5 Å². The normalized spacial score (nSPS) is 18.9. The van der Waals surface area contributed by atoms with Crippen LogP contribution in [-0.2, 0) is 11.2 Å². The Morgan fingerprint density at radius 1 is 1.35 bits per heavy atom. The van der Waals surface area contributed by atoms with Gasteiger partial charge in [-0.3, -0.25) is 4.79 Å². The van der Waals surface area contributed by atoms with Crippen molar-refractivity contribution in [2.75, 3.05) is 6.54 Å². The van der Waals surface area contributed by atoms with E-state index in [9.17, 15) is 14.7 Å². The molecule has 0 spiro atoms. The van der Waals surface area contributed by atoms with E-state index in [1.54, 1.807) is 18.2 Å². The summed E-state index contributed by atoms with van der Waals surface area (Å²) in [6.07, 6.45) is 5.35. The van der Waals surface area contributed by atoms with E-state index in [0.29, 0.717) is 30.4 Å². The molecule has 0 radical (unpaired) electrons. The van der Waals surface area contributed by atoms with Crippen LogP contribution in [0.5, 0.6) is 0 Å². The lowest BCUT2D eigenvalue weighted by Crippen LogP contribution is -2.39. The summed E-state index contributed by atoms with van der Waals surface area (Å²) in [6.45, 7) is 5.26. The number of likely N-dealkylation sites (tertiary alicyclic amines) is 1. The summed E-state index contributed by atoms with van der Waals surface area (Å²) in [5.41, 5.74) is 1.04. The van der Waals surface area contributed by atoms with Crippen LogP contribution >= 0.6 is 0 Å². The molecule has 1 N–H and O–H groups in total. The second-order valence-corrected chi connectivity index (χ2v) is 6.52. The predicted octanol–water partition coefficient (Wildman–Crippen LogP) is 3.74. The quantitative estimate of drug-likeness (QED) is 0.833. The van der Waals surface area contributed by atoms with E-state index in [-0.39, 0.29) is 5.91 Å². The van der Waals surface area contributed by atoms with Crippen LogP contribution in [0.15, 0.2) is 24.3 Å². The number of carboxylic acid groups (broad SMARTS) is 1. The van der Waals surface area contributed by atoms with Crippen molar-refractivity contribution in [3.05, 3.63) is 35.4 Å². The molecule has 23 heavy (non-hydrogen) atoms. The van der Waals surface area contributed by atoms with E-state index in [1.807, 2.05) is 11.0 Å². The molecule has 1 saturated heterocycles. The zero-order valence-corrected chi connectivity index (χ0v) is 14.1. The number of carbonyl (C=O) groups is 2. The number of hydrogen-bond acceptors (Lipinski definition) is 2. The van der Waals surface area contributed by atoms with E-state index < -0.39 is 5.97 Å². The van der Waals surface area contributed by atoms with Gasteiger partial charge in [-0.2, -0.15) is 0 Å². The van der Waals surface area contributed by atoms with Gasteiger partial charge < -0.3 is 10.0 Å². The molecule has 1 aliphatic rings. The van der Waals surface area contributed by atoms with E-state index in [4.69, 9.17) is 0 Å². The maximum Gasteiger partial charge on any atom is 0.335 e. The lowest BCUT2D eigenvalue weighted by molar-refractivity contribution is -0.132. The van der Waals surface area contributed by atoms with Crippen LogP contribution in [0.2, 0.25) is 0 Å². The molecule has 1 aromatic rings. The first kappa shape index (κ1) is 17.5. The largest absolute Gasteiger partial charge is 0.478 e. The van der Waals surface area contributed by atoms with E-state index in [0.717, 1.165) is 37.8 Å². The SMILES string of the molecule is CCCC(C)C1CCCN1C(=O)CCc1ccccc1C(=O)O. The molecule has 0 bridgehead atoms. The summed E-state index contributed by atoms with van der Waals surface area (Å²) in [4.78, 5) is 25.9. The number of rotatable bonds is 7. The van der Waals surface area contributed by atoms with Crippen molar-refractivity contribution in [1.29, 1.82) is 0 Å². The van der Waals surface area contributed by atoms with Crippen molar-refractivity contribution in [1.82, 2.24) is 4.90 Å². The van der Waals surface area contributed by atoms with Gasteiger partial charge in [-0.05, 0) is 43.2 Å². The van der Waals surface area contributed by atoms with Gasteiger partial charge in [0, 0.05) is 19.0 Å². The van der Waals surface area contributed by atoms with Gasteiger partial charge in [0.25, 0.3) is 0 Å². The van der Waals surface area contributed by atoms with Crippen molar-refractivity contribution in [3.8, 4) is 0 Å². The Bertz CT molecular complexity index is 555. The highest BCUT2D eigenvalue weighted by Crippen LogP contribution is 2.27. The van der Waals surface area contributed by atoms with E-state index in [2.05, 4.69) is 13.8 Å². The Kier molecular flexibility index (Phi) is 6.20. The van der Waals surface area contributed by atoms with Crippen molar-refractivity contribution >= 4 is 11.9 Å². The summed E-state index contributed by atoms with van der Waals surface area (Å²) >= 11 is 0. The molecule has 2 rings (SSSR count). The van der Waals surface area contributed by atoms with Gasteiger partial charge >= 0.3 is 5.97 Å². The number of carbonyl (C=O) groups excluding carboxylic acids is 1. The number of benzene rings is 1. The Morgan fingerprint density at radius 2 is 2.09 bits per heavy atom. The van der Waals surface area contributed by atoms with E-state index >= 15 is 0 Å². The van der Waals surface area contributed by atoms with Gasteiger partial charge in [-0.1, -0.05) is 38.5 Å². The fraction of sp³-hybridized carbons (Fsp3) is 0.579. The average molecular weight is 317 g/mol. The number of carboxylic acids is 1. The molecular weight excluding hydrogens is 290 g/mol. The van der Waals surface area contributed by atoms with Crippen molar-refractivity contribution in [3.63, 3.8) is 0 Å². The summed E-state index contributed by atoms with van der Waals surface area (Å²) in [5, 5.41) is 9.22. The Morgan fingerprint density at radius 3 is 2.78 bits per heavy atom. The highest BCUT2D eigenvalue weighted by Gasteiger charge is 2.31. The van der Waals surface area contributed by atoms with Gasteiger partial charge in [-0.25, -0.2) is 4.79 Å². The maximum absolute atomic E-state index is 12.6. The lowest BCUT2D eigenvalue weighted by Gasteiger charge is -2.29. The molecule has 1 heterocycles. The fourth-order valence-electron chi connectivity index (χ4n) is 3.67. The maximum atomic E-state index is 12.6. The molecule has 126 valence electrons. The minimum absolute atomic E-state index is 0.163. The van der Waals surface area contributed by atoms with E-state index in [1.165, 1.54) is 0 Å². The molecule has 4 heteroatoms. The summed E-state index contributed by atoms with van der Waals surface area (Å²) in [5.74, 6) is -0.225. The molecule has 0 saturated carbocycles. The Labute approximate surface area is 138 Å². The van der Waals surface area contributed by atoms with Crippen LogP contribution in [0.3, 0.4) is 0 Å². The summed E-state index contributed by atoms with van der Waals surface area (Å²) in [6, 6.07) is 7.31. The molecule has 1 amide bonds. The van der Waals surface area contributed by atoms with Gasteiger partial charge in [0.2, 0.25) is 5.91 Å². The molecule has 2 unspecified atom stereocenters. The molecule has 1 fully saturated rings. The predicted molar refractivity (Wildman–Crippen MR) is 90.5 cm³/mol. The number of aromatic carboxylic acids is 1. The Hall–Kier alpha value is -1.84. The number of amides is 1. The molecular formula is C19H27NO3. The van der Waals surface area contributed by atoms with Crippen LogP contribution in [0.1, 0.15) is 61.9 Å². The molecule has 2 atom stereocenters. The highest BCUT2D eigenvalue weighted by atomic mass is 16.4. The topological polar surface area (TPSA) is 57.6 Å². The molecule has 4 nitrogen and oxygen atoms in total. The van der Waals surface area contributed by atoms with Crippen molar-refractivity contribution in [2.45, 2.75) is 58.4 Å². The fourth-order valence-corrected chi connectivity index (χ4v) is 3.67. The van der Waals surface area contributed by atoms with Crippen LogP contribution in [0, 0.1) is 5.92 Å². The van der Waals surface area contributed by atoms with Gasteiger partial charge in [0.1, 0.15) is 0 Å². The third-order valence-corrected chi connectivity index (χ3v) is 4.88. The van der Waals surface area contributed by atoms with Crippen molar-refractivity contribution in [2.24, 2.45) is 5.92 Å². The molecule has 1 aromatic carbocycles. The van der Waals surface area contributed by atoms with Crippen molar-refractivity contribution < 1.29 is 14.7 Å². The number of aryl methyl sites for hydroxylation is 1. The van der Waals surface area contributed by atoms with Crippen LogP contribution in [0.4, 0.5) is 0 Å². The first-order valence-corrected chi connectivity index (χ1v) is 8.65. The number of hydrogen-bond donors (Lipinski definition) is 1. The monoisotopic (exact) mass is 317 g/mol. The smallest absolute Gasteiger partial charge is 0.335 e. The third-order valence-electron chi connectivity index (χ3n) is 4.88. The van der Waals surface area contributed by atoms with Crippen LogP contribution < -0.4 is 0 Å².